The van der Waals surface area contributed by atoms with E-state index in [9.17, 15) is 14.4 Å². The molecule has 0 spiro atoms. The van der Waals surface area contributed by atoms with Gasteiger partial charge in [0.05, 0.1) is 7.11 Å². The third-order valence-electron chi connectivity index (χ3n) is 5.21. The fourth-order valence-electron chi connectivity index (χ4n) is 3.60. The minimum absolute atomic E-state index is 0. The number of carbonyl (C=O) groups excluding carboxylic acids is 3. The van der Waals surface area contributed by atoms with E-state index >= 15 is 0 Å². The Morgan fingerprint density at radius 1 is 1.33 bits per heavy atom. The first-order chi connectivity index (χ1) is 12.4. The maximum Gasteiger partial charge on any atom is 0.325 e. The Bertz CT molecular complexity index is 727. The summed E-state index contributed by atoms with van der Waals surface area (Å²) in [7, 11) is 1.56. The zero-order valence-corrected chi connectivity index (χ0v) is 16.3. The Hall–Kier alpha value is -2.32. The van der Waals surface area contributed by atoms with Crippen molar-refractivity contribution >= 4 is 30.3 Å². The van der Waals surface area contributed by atoms with E-state index in [1.54, 1.807) is 43.2 Å². The summed E-state index contributed by atoms with van der Waals surface area (Å²) in [5, 5.41) is 2.71. The van der Waals surface area contributed by atoms with Crippen molar-refractivity contribution in [2.45, 2.75) is 31.3 Å². The fourth-order valence-corrected chi connectivity index (χ4v) is 3.60. The second kappa shape index (κ2) is 8.14. The van der Waals surface area contributed by atoms with E-state index in [0.717, 1.165) is 17.7 Å². The van der Waals surface area contributed by atoms with E-state index in [-0.39, 0.29) is 30.9 Å². The van der Waals surface area contributed by atoms with Crippen LogP contribution in [0.5, 0.6) is 5.75 Å². The normalized spacial score (nSPS) is 24.6. The van der Waals surface area contributed by atoms with Gasteiger partial charge >= 0.3 is 6.03 Å². The van der Waals surface area contributed by atoms with Gasteiger partial charge in [-0.25, -0.2) is 4.79 Å². The topological polar surface area (TPSA) is 105 Å². The van der Waals surface area contributed by atoms with Crippen molar-refractivity contribution in [2.75, 3.05) is 26.7 Å². The van der Waals surface area contributed by atoms with E-state index in [4.69, 9.17) is 10.5 Å². The third-order valence-corrected chi connectivity index (χ3v) is 5.21. The van der Waals surface area contributed by atoms with Gasteiger partial charge in [-0.1, -0.05) is 12.1 Å². The fraction of sp³-hybridized carbons (Fsp3) is 0.500. The number of rotatable bonds is 5. The largest absolute Gasteiger partial charge is 0.497 e. The summed E-state index contributed by atoms with van der Waals surface area (Å²) < 4.78 is 5.12. The van der Waals surface area contributed by atoms with Crippen LogP contribution in [0.15, 0.2) is 24.3 Å². The molecule has 2 aliphatic rings. The number of amides is 4. The number of urea groups is 1. The number of nitrogens with zero attached hydrogens (tertiary/aromatic N) is 2. The molecule has 2 heterocycles. The molecule has 0 aromatic heterocycles. The quantitative estimate of drug-likeness (QED) is 0.717. The van der Waals surface area contributed by atoms with E-state index in [0.29, 0.717) is 24.4 Å². The van der Waals surface area contributed by atoms with Gasteiger partial charge in [-0.3, -0.25) is 14.5 Å². The smallest absolute Gasteiger partial charge is 0.325 e. The van der Waals surface area contributed by atoms with Gasteiger partial charge in [-0.05, 0) is 37.5 Å². The first-order valence-electron chi connectivity index (χ1n) is 8.69. The molecule has 2 unspecified atom stereocenters. The van der Waals surface area contributed by atoms with E-state index in [1.807, 2.05) is 0 Å². The predicted molar refractivity (Wildman–Crippen MR) is 102 cm³/mol. The molecule has 8 nitrogen and oxygen atoms in total. The lowest BCUT2D eigenvalue weighted by Crippen LogP contribution is -2.47. The van der Waals surface area contributed by atoms with Crippen molar-refractivity contribution in [1.29, 1.82) is 0 Å². The molecule has 2 atom stereocenters. The van der Waals surface area contributed by atoms with Gasteiger partial charge in [0.15, 0.2) is 0 Å². The lowest BCUT2D eigenvalue weighted by Gasteiger charge is -2.26. The molecule has 27 heavy (non-hydrogen) atoms. The summed E-state index contributed by atoms with van der Waals surface area (Å²) >= 11 is 0. The molecule has 0 saturated carbocycles. The lowest BCUT2D eigenvalue weighted by atomic mass is 9.92. The number of halogens is 1. The molecule has 148 valence electrons. The van der Waals surface area contributed by atoms with Gasteiger partial charge in [0, 0.05) is 19.1 Å². The molecule has 1 aromatic rings. The number of nitrogens with two attached hydrogens (primary N) is 1. The van der Waals surface area contributed by atoms with Crippen molar-refractivity contribution in [3.05, 3.63) is 29.8 Å². The summed E-state index contributed by atoms with van der Waals surface area (Å²) in [6, 6.07) is 6.33. The summed E-state index contributed by atoms with van der Waals surface area (Å²) in [5.41, 5.74) is 5.13. The maximum absolute atomic E-state index is 12.9. The molecule has 0 bridgehead atoms. The summed E-state index contributed by atoms with van der Waals surface area (Å²) in [6.45, 7) is 2.36. The first kappa shape index (κ1) is 21.0. The Kier molecular flexibility index (Phi) is 6.33. The van der Waals surface area contributed by atoms with Crippen molar-refractivity contribution in [2.24, 2.45) is 5.73 Å². The molecule has 2 fully saturated rings. The first-order valence-corrected chi connectivity index (χ1v) is 8.69. The van der Waals surface area contributed by atoms with Crippen LogP contribution in [0.4, 0.5) is 4.79 Å². The molecule has 9 heteroatoms. The van der Waals surface area contributed by atoms with Crippen LogP contribution in [0.2, 0.25) is 0 Å². The molecule has 3 N–H and O–H groups in total. The monoisotopic (exact) mass is 396 g/mol. The molecule has 2 aliphatic heterocycles. The number of hydrogen-bond acceptors (Lipinski definition) is 5. The lowest BCUT2D eigenvalue weighted by molar-refractivity contribution is -0.139. The van der Waals surface area contributed by atoms with E-state index in [2.05, 4.69) is 5.32 Å². The number of methoxy groups -OCH3 is 1. The number of carbonyl (C=O) groups is 3. The number of nitrogens with one attached hydrogen (secondary N) is 1. The summed E-state index contributed by atoms with van der Waals surface area (Å²) in [6.07, 6.45) is 1.74. The van der Waals surface area contributed by atoms with Gasteiger partial charge in [0.2, 0.25) is 5.91 Å². The Balaban J connectivity index is 0.00000261. The second-order valence-corrected chi connectivity index (χ2v) is 6.79. The van der Waals surface area contributed by atoms with Gasteiger partial charge in [-0.2, -0.15) is 0 Å². The molecular weight excluding hydrogens is 372 g/mol. The van der Waals surface area contributed by atoms with Gasteiger partial charge in [0.25, 0.3) is 5.91 Å². The Morgan fingerprint density at radius 2 is 2.00 bits per heavy atom. The summed E-state index contributed by atoms with van der Waals surface area (Å²) in [5.74, 6) is -0.0343. The van der Waals surface area contributed by atoms with Crippen LogP contribution >= 0.6 is 12.4 Å². The zero-order chi connectivity index (χ0) is 18.9. The minimum atomic E-state index is -1.21. The highest BCUT2D eigenvalue weighted by molar-refractivity contribution is 6.09. The SMILES string of the molecule is COc1ccc(C2(C)NC(=O)N(CC(=O)N3CCCC3CN)C2=O)cc1.Cl. The molecule has 1 aromatic carbocycles. The minimum Gasteiger partial charge on any atom is -0.497 e. The highest BCUT2D eigenvalue weighted by atomic mass is 35.5. The zero-order valence-electron chi connectivity index (χ0n) is 15.4. The summed E-state index contributed by atoms with van der Waals surface area (Å²) in [4.78, 5) is 40.5. The van der Waals surface area contributed by atoms with Crippen molar-refractivity contribution in [3.63, 3.8) is 0 Å². The average molecular weight is 397 g/mol. The van der Waals surface area contributed by atoms with Crippen LogP contribution in [-0.4, -0.2) is 60.4 Å². The van der Waals surface area contributed by atoms with Gasteiger partial charge in [0.1, 0.15) is 17.8 Å². The van der Waals surface area contributed by atoms with Crippen LogP contribution in [0.3, 0.4) is 0 Å². The highest BCUT2D eigenvalue weighted by Crippen LogP contribution is 2.30. The van der Waals surface area contributed by atoms with Crippen molar-refractivity contribution < 1.29 is 19.1 Å². The van der Waals surface area contributed by atoms with Gasteiger partial charge < -0.3 is 20.7 Å². The van der Waals surface area contributed by atoms with Crippen molar-refractivity contribution in [1.82, 2.24) is 15.1 Å². The van der Waals surface area contributed by atoms with Crippen LogP contribution < -0.4 is 15.8 Å². The molecule has 2 saturated heterocycles. The second-order valence-electron chi connectivity index (χ2n) is 6.79. The Labute approximate surface area is 164 Å². The van der Waals surface area contributed by atoms with Crippen LogP contribution in [0.25, 0.3) is 0 Å². The third kappa shape index (κ3) is 3.72. The molecule has 0 radical (unpaired) electrons. The number of hydrogen-bond donors (Lipinski definition) is 2. The van der Waals surface area contributed by atoms with Crippen LogP contribution in [-0.2, 0) is 15.1 Å². The van der Waals surface area contributed by atoms with Crippen LogP contribution in [0.1, 0.15) is 25.3 Å². The van der Waals surface area contributed by atoms with E-state index < -0.39 is 17.5 Å². The predicted octanol–water partition coefficient (Wildman–Crippen LogP) is 0.834. The standard InChI is InChI=1S/C18H24N4O4.ClH/c1-18(12-5-7-14(26-2)8-6-12)16(24)22(17(25)20-18)11-15(23)21-9-3-4-13(21)10-19;/h5-8,13H,3-4,9-11,19H2,1-2H3,(H,20,25);1H. The number of likely N-dealkylation sites (tertiary alicyclic amines) is 1. The average Bonchev–Trinajstić information content (AvgIpc) is 3.21. The highest BCUT2D eigenvalue weighted by Gasteiger charge is 2.50. The number of benzene rings is 1. The molecule has 0 aliphatic carbocycles. The number of imide groups is 1. The van der Waals surface area contributed by atoms with Crippen molar-refractivity contribution in [3.8, 4) is 5.75 Å². The molecule has 3 rings (SSSR count). The number of ether oxygens (including phenoxy) is 1. The Morgan fingerprint density at radius 3 is 2.59 bits per heavy atom. The van der Waals surface area contributed by atoms with E-state index in [1.165, 1.54) is 0 Å². The molecular formula is C18H25ClN4O4. The maximum atomic E-state index is 12.9. The van der Waals surface area contributed by atoms with Gasteiger partial charge in [-0.15, -0.1) is 12.4 Å². The molecule has 4 amide bonds. The van der Waals surface area contributed by atoms with Crippen LogP contribution in [0, 0.1) is 0 Å².